The van der Waals surface area contributed by atoms with E-state index in [-0.39, 0.29) is 24.0 Å². The molecule has 0 aliphatic heterocycles. The molecule has 0 atom stereocenters. The van der Waals surface area contributed by atoms with Gasteiger partial charge in [-0.25, -0.2) is 4.57 Å². The molecule has 0 fully saturated rings. The fourth-order valence-corrected chi connectivity index (χ4v) is 1.84. The van der Waals surface area contributed by atoms with Crippen molar-refractivity contribution in [1.82, 2.24) is 0 Å². The van der Waals surface area contributed by atoms with Crippen LogP contribution < -0.4 is 33.4 Å². The minimum absolute atomic E-state index is 0. The van der Waals surface area contributed by atoms with Crippen molar-refractivity contribution in [3.8, 4) is 0 Å². The zero-order valence-electron chi connectivity index (χ0n) is 12.3. The van der Waals surface area contributed by atoms with Crippen LogP contribution in [0.25, 0.3) is 12.2 Å². The zero-order chi connectivity index (χ0) is 13.7. The van der Waals surface area contributed by atoms with E-state index in [1.165, 1.54) is 16.8 Å². The summed E-state index contributed by atoms with van der Waals surface area (Å²) in [5, 5.41) is 0. The zero-order valence-corrected chi connectivity index (χ0v) is 14.4. The predicted octanol–water partition coefficient (Wildman–Crippen LogP) is 0.142. The maximum atomic E-state index is 2.23. The Bertz CT molecular complexity index is 544. The first kappa shape index (κ1) is 16.7. The molecular formula is C17H21IN2. The second kappa shape index (κ2) is 8.04. The van der Waals surface area contributed by atoms with Gasteiger partial charge >= 0.3 is 0 Å². The van der Waals surface area contributed by atoms with Crippen LogP contribution in [-0.2, 0) is 7.05 Å². The van der Waals surface area contributed by atoms with E-state index in [9.17, 15) is 0 Å². The van der Waals surface area contributed by atoms with E-state index in [1.807, 2.05) is 11.6 Å². The number of pyridine rings is 1. The van der Waals surface area contributed by atoms with Crippen molar-refractivity contribution in [1.29, 1.82) is 0 Å². The van der Waals surface area contributed by atoms with Crippen molar-refractivity contribution >= 4 is 17.8 Å². The highest BCUT2D eigenvalue weighted by Gasteiger charge is 1.97. The fraction of sp³-hybridized carbons (Fsp3) is 0.235. The molecular weight excluding hydrogens is 359 g/mol. The minimum Gasteiger partial charge on any atom is -1.00 e. The third-order valence-corrected chi connectivity index (χ3v) is 3.28. The second-order valence-corrected chi connectivity index (χ2v) is 4.74. The molecule has 0 aliphatic rings. The Labute approximate surface area is 138 Å². The summed E-state index contributed by atoms with van der Waals surface area (Å²) < 4.78 is 2.03. The number of hydrogen-bond acceptors (Lipinski definition) is 1. The Hall–Kier alpha value is -1.36. The quantitative estimate of drug-likeness (QED) is 0.541. The molecule has 2 rings (SSSR count). The summed E-state index contributed by atoms with van der Waals surface area (Å²) in [6, 6.07) is 12.8. The standard InChI is InChI=1S/C17H21N2.HI/c1-4-19(3)17-9-7-15(8-10-17)5-6-16-11-13-18(2)14-12-16;/h5-14H,4H2,1-3H3;1H/q+1;/p-1. The Morgan fingerprint density at radius 1 is 0.950 bits per heavy atom. The molecule has 20 heavy (non-hydrogen) atoms. The van der Waals surface area contributed by atoms with Crippen LogP contribution in [0.2, 0.25) is 0 Å². The van der Waals surface area contributed by atoms with E-state index in [2.05, 4.69) is 79.8 Å². The van der Waals surface area contributed by atoms with Gasteiger partial charge in [-0.05, 0) is 30.2 Å². The highest BCUT2D eigenvalue weighted by Crippen LogP contribution is 2.15. The largest absolute Gasteiger partial charge is 1.00 e. The van der Waals surface area contributed by atoms with Crippen molar-refractivity contribution in [2.24, 2.45) is 7.05 Å². The molecule has 0 saturated carbocycles. The number of hydrogen-bond donors (Lipinski definition) is 0. The second-order valence-electron chi connectivity index (χ2n) is 4.74. The maximum Gasteiger partial charge on any atom is 0.169 e. The van der Waals surface area contributed by atoms with E-state index in [0.717, 1.165) is 6.54 Å². The molecule has 0 unspecified atom stereocenters. The van der Waals surface area contributed by atoms with Crippen LogP contribution in [0.1, 0.15) is 18.1 Å². The van der Waals surface area contributed by atoms with Crippen LogP contribution in [0.3, 0.4) is 0 Å². The average molecular weight is 380 g/mol. The first-order valence-corrected chi connectivity index (χ1v) is 6.63. The van der Waals surface area contributed by atoms with Gasteiger partial charge in [0, 0.05) is 31.4 Å². The molecule has 0 N–H and O–H groups in total. The van der Waals surface area contributed by atoms with Gasteiger partial charge in [-0.2, -0.15) is 0 Å². The van der Waals surface area contributed by atoms with Crippen molar-refractivity contribution < 1.29 is 28.5 Å². The van der Waals surface area contributed by atoms with E-state index >= 15 is 0 Å². The lowest BCUT2D eigenvalue weighted by Crippen LogP contribution is -3.00. The third kappa shape index (κ3) is 4.63. The Morgan fingerprint density at radius 2 is 1.45 bits per heavy atom. The number of anilines is 1. The summed E-state index contributed by atoms with van der Waals surface area (Å²) in [5.74, 6) is 0. The van der Waals surface area contributed by atoms with Crippen LogP contribution in [-0.4, -0.2) is 13.6 Å². The number of halogens is 1. The van der Waals surface area contributed by atoms with Crippen LogP contribution in [0, 0.1) is 0 Å². The molecule has 1 aromatic heterocycles. The Morgan fingerprint density at radius 3 is 1.95 bits per heavy atom. The molecule has 0 amide bonds. The summed E-state index contributed by atoms with van der Waals surface area (Å²) in [6.45, 7) is 3.18. The molecule has 2 nitrogen and oxygen atoms in total. The number of benzene rings is 1. The number of aromatic nitrogens is 1. The van der Waals surface area contributed by atoms with Crippen molar-refractivity contribution in [3.05, 3.63) is 59.9 Å². The van der Waals surface area contributed by atoms with Crippen molar-refractivity contribution in [3.63, 3.8) is 0 Å². The SMILES string of the molecule is CCN(C)c1ccc(/C=C/c2cc[n+](C)cc2)cc1.[I-]. The molecule has 0 spiro atoms. The average Bonchev–Trinajstić information content (AvgIpc) is 2.46. The van der Waals surface area contributed by atoms with E-state index < -0.39 is 0 Å². The van der Waals surface area contributed by atoms with Gasteiger partial charge in [-0.1, -0.05) is 24.3 Å². The van der Waals surface area contributed by atoms with Gasteiger partial charge in [0.05, 0.1) is 0 Å². The van der Waals surface area contributed by atoms with Crippen LogP contribution in [0.15, 0.2) is 48.8 Å². The summed E-state index contributed by atoms with van der Waals surface area (Å²) in [7, 11) is 4.13. The first-order chi connectivity index (χ1) is 9.19. The number of nitrogens with zero attached hydrogens (tertiary/aromatic N) is 2. The fourth-order valence-electron chi connectivity index (χ4n) is 1.84. The smallest absolute Gasteiger partial charge is 0.169 e. The van der Waals surface area contributed by atoms with E-state index in [1.54, 1.807) is 0 Å². The summed E-state index contributed by atoms with van der Waals surface area (Å²) in [4.78, 5) is 2.23. The van der Waals surface area contributed by atoms with Gasteiger partial charge in [-0.3, -0.25) is 0 Å². The topological polar surface area (TPSA) is 7.12 Å². The lowest BCUT2D eigenvalue weighted by Gasteiger charge is -2.16. The minimum atomic E-state index is 0. The lowest BCUT2D eigenvalue weighted by molar-refractivity contribution is -0.671. The molecule has 106 valence electrons. The summed E-state index contributed by atoms with van der Waals surface area (Å²) >= 11 is 0. The Balaban J connectivity index is 0.00000200. The molecule has 0 bridgehead atoms. The molecule has 2 aromatic rings. The lowest BCUT2D eigenvalue weighted by atomic mass is 10.1. The van der Waals surface area contributed by atoms with Gasteiger partial charge in [0.2, 0.25) is 0 Å². The molecule has 1 aromatic carbocycles. The third-order valence-electron chi connectivity index (χ3n) is 3.28. The normalized spacial score (nSPS) is 10.3. The number of rotatable bonds is 4. The van der Waals surface area contributed by atoms with Crippen LogP contribution in [0.5, 0.6) is 0 Å². The Kier molecular flexibility index (Phi) is 6.71. The highest BCUT2D eigenvalue weighted by atomic mass is 127. The van der Waals surface area contributed by atoms with E-state index in [4.69, 9.17) is 0 Å². The van der Waals surface area contributed by atoms with Gasteiger partial charge in [0.15, 0.2) is 12.4 Å². The number of aryl methyl sites for hydroxylation is 1. The predicted molar refractivity (Wildman–Crippen MR) is 81.9 cm³/mol. The van der Waals surface area contributed by atoms with Crippen LogP contribution in [0.4, 0.5) is 5.69 Å². The van der Waals surface area contributed by atoms with Gasteiger partial charge in [0.1, 0.15) is 7.05 Å². The van der Waals surface area contributed by atoms with Gasteiger partial charge in [0.25, 0.3) is 0 Å². The summed E-state index contributed by atoms with van der Waals surface area (Å²) in [6.07, 6.45) is 8.39. The highest BCUT2D eigenvalue weighted by molar-refractivity contribution is 5.70. The van der Waals surface area contributed by atoms with Gasteiger partial charge < -0.3 is 28.9 Å². The molecule has 0 radical (unpaired) electrons. The van der Waals surface area contributed by atoms with Crippen molar-refractivity contribution in [2.45, 2.75) is 6.92 Å². The van der Waals surface area contributed by atoms with Gasteiger partial charge in [-0.15, -0.1) is 0 Å². The monoisotopic (exact) mass is 380 g/mol. The molecule has 0 aliphatic carbocycles. The summed E-state index contributed by atoms with van der Waals surface area (Å²) in [5.41, 5.74) is 3.70. The van der Waals surface area contributed by atoms with Crippen LogP contribution >= 0.6 is 0 Å². The van der Waals surface area contributed by atoms with Crippen molar-refractivity contribution in [2.75, 3.05) is 18.5 Å². The first-order valence-electron chi connectivity index (χ1n) is 6.63. The maximum absolute atomic E-state index is 2.23. The molecule has 1 heterocycles. The molecule has 0 saturated heterocycles. The van der Waals surface area contributed by atoms with E-state index in [0.29, 0.717) is 0 Å². The molecule has 3 heteroatoms.